The molecule has 35 heavy (non-hydrogen) atoms. The molecular weight excluding hydrogens is 454 g/mol. The fraction of sp³-hybridized carbons (Fsp3) is 0.483. The highest BCUT2D eigenvalue weighted by Gasteiger charge is 2.34. The van der Waals surface area contributed by atoms with Gasteiger partial charge in [-0.25, -0.2) is 0 Å². The molecule has 0 radical (unpaired) electrons. The van der Waals surface area contributed by atoms with Crippen molar-refractivity contribution in [3.63, 3.8) is 0 Å². The van der Waals surface area contributed by atoms with Crippen LogP contribution in [0.15, 0.2) is 29.6 Å². The van der Waals surface area contributed by atoms with E-state index in [0.717, 1.165) is 50.3 Å². The van der Waals surface area contributed by atoms with Gasteiger partial charge in [0.25, 0.3) is 0 Å². The van der Waals surface area contributed by atoms with E-state index < -0.39 is 0 Å². The van der Waals surface area contributed by atoms with Crippen molar-refractivity contribution in [2.24, 2.45) is 5.92 Å². The van der Waals surface area contributed by atoms with Crippen LogP contribution in [0.5, 0.6) is 5.75 Å². The molecule has 0 saturated carbocycles. The van der Waals surface area contributed by atoms with Crippen LogP contribution < -0.4 is 10.1 Å². The van der Waals surface area contributed by atoms with E-state index in [4.69, 9.17) is 4.74 Å². The highest BCUT2D eigenvalue weighted by Crippen LogP contribution is 2.48. The Morgan fingerprint density at radius 3 is 2.63 bits per heavy atom. The van der Waals surface area contributed by atoms with Crippen molar-refractivity contribution in [3.05, 3.63) is 46.5 Å². The number of anilines is 1. The van der Waals surface area contributed by atoms with Crippen molar-refractivity contribution in [1.29, 1.82) is 0 Å². The van der Waals surface area contributed by atoms with Gasteiger partial charge in [0.2, 0.25) is 5.91 Å². The van der Waals surface area contributed by atoms with E-state index in [2.05, 4.69) is 65.2 Å². The standard InChI is InChI=1S/C29H37N3O2S/c1-18(2)28(33)30-22-16-21-19(15-24(22)34-6)11-13-32-23-17-31(29(3,4)5)12-7-9-20(23)26(27(21)32)25-10-8-14-35-25/h8,10,14-16,18H,7,9,11-13,17H2,1-6H3,(H,30,33). The minimum atomic E-state index is -0.0966. The molecule has 1 aromatic carbocycles. The van der Waals surface area contributed by atoms with E-state index in [1.165, 1.54) is 38.5 Å². The molecule has 0 bridgehead atoms. The number of hydrogen-bond donors (Lipinski definition) is 1. The number of hydrogen-bond acceptors (Lipinski definition) is 4. The minimum Gasteiger partial charge on any atom is -0.495 e. The monoisotopic (exact) mass is 491 g/mol. The molecular formula is C29H37N3O2S. The number of rotatable bonds is 4. The number of thiophene rings is 1. The maximum Gasteiger partial charge on any atom is 0.227 e. The summed E-state index contributed by atoms with van der Waals surface area (Å²) < 4.78 is 8.29. The van der Waals surface area contributed by atoms with Gasteiger partial charge < -0.3 is 14.6 Å². The molecule has 186 valence electrons. The number of aryl methyl sites for hydroxylation is 1. The third-order valence-corrected chi connectivity index (χ3v) is 8.35. The summed E-state index contributed by atoms with van der Waals surface area (Å²) in [5.41, 5.74) is 9.04. The van der Waals surface area contributed by atoms with Crippen molar-refractivity contribution in [2.75, 3.05) is 19.0 Å². The number of carbonyl (C=O) groups excluding carboxylic acids is 1. The van der Waals surface area contributed by atoms with E-state index in [1.54, 1.807) is 7.11 Å². The molecule has 5 nitrogen and oxygen atoms in total. The number of amides is 1. The number of aromatic nitrogens is 1. The smallest absolute Gasteiger partial charge is 0.227 e. The van der Waals surface area contributed by atoms with Crippen molar-refractivity contribution in [1.82, 2.24) is 9.47 Å². The molecule has 0 spiro atoms. The summed E-state index contributed by atoms with van der Waals surface area (Å²) in [7, 11) is 1.68. The third kappa shape index (κ3) is 4.31. The minimum absolute atomic E-state index is 0.00419. The van der Waals surface area contributed by atoms with Crippen molar-refractivity contribution in [3.8, 4) is 27.4 Å². The highest BCUT2D eigenvalue weighted by molar-refractivity contribution is 7.13. The molecule has 0 unspecified atom stereocenters. The van der Waals surface area contributed by atoms with Crippen LogP contribution in [0.3, 0.4) is 0 Å². The Morgan fingerprint density at radius 2 is 1.97 bits per heavy atom. The summed E-state index contributed by atoms with van der Waals surface area (Å²) in [6.07, 6.45) is 3.21. The Balaban J connectivity index is 1.72. The Bertz CT molecular complexity index is 1250. The lowest BCUT2D eigenvalue weighted by Gasteiger charge is -2.35. The van der Waals surface area contributed by atoms with Gasteiger partial charge in [-0.1, -0.05) is 19.9 Å². The van der Waals surface area contributed by atoms with Gasteiger partial charge in [-0.15, -0.1) is 11.3 Å². The molecule has 2 aromatic heterocycles. The van der Waals surface area contributed by atoms with E-state index in [-0.39, 0.29) is 17.4 Å². The second-order valence-corrected chi connectivity index (χ2v) is 12.0. The first-order valence-electron chi connectivity index (χ1n) is 12.7. The average Bonchev–Trinajstić information content (AvgIpc) is 3.37. The Labute approximate surface area is 213 Å². The third-order valence-electron chi connectivity index (χ3n) is 7.46. The fourth-order valence-corrected chi connectivity index (χ4v) is 6.29. The predicted octanol–water partition coefficient (Wildman–Crippen LogP) is 6.59. The maximum absolute atomic E-state index is 12.6. The van der Waals surface area contributed by atoms with Gasteiger partial charge in [-0.3, -0.25) is 9.69 Å². The number of nitrogens with one attached hydrogen (secondary N) is 1. The van der Waals surface area contributed by atoms with E-state index in [0.29, 0.717) is 0 Å². The predicted molar refractivity (Wildman–Crippen MR) is 145 cm³/mol. The Hall–Kier alpha value is -2.57. The molecule has 1 amide bonds. The number of benzene rings is 1. The molecule has 4 heterocycles. The van der Waals surface area contributed by atoms with Gasteiger partial charge >= 0.3 is 0 Å². The lowest BCUT2D eigenvalue weighted by atomic mass is 9.93. The van der Waals surface area contributed by atoms with E-state index >= 15 is 0 Å². The second-order valence-electron chi connectivity index (χ2n) is 11.1. The second kappa shape index (κ2) is 9.14. The SMILES string of the molecule is COc1cc2c(cc1NC(=O)C(C)C)-c1c(-c3cccs3)c3c(n1CC2)CN(C(C)(C)C)CCC3. The van der Waals surface area contributed by atoms with Gasteiger partial charge in [-0.2, -0.15) is 0 Å². The molecule has 5 rings (SSSR count). The van der Waals surface area contributed by atoms with Gasteiger partial charge in [0, 0.05) is 46.2 Å². The number of methoxy groups -OCH3 is 1. The van der Waals surface area contributed by atoms with Crippen LogP contribution >= 0.6 is 11.3 Å². The quantitative estimate of drug-likeness (QED) is 0.448. The van der Waals surface area contributed by atoms with Crippen LogP contribution in [0.4, 0.5) is 5.69 Å². The number of nitrogens with zero attached hydrogens (tertiary/aromatic N) is 2. The zero-order valence-corrected chi connectivity index (χ0v) is 22.6. The van der Waals surface area contributed by atoms with Crippen LogP contribution in [0.25, 0.3) is 21.7 Å². The lowest BCUT2D eigenvalue weighted by Crippen LogP contribution is -2.41. The largest absolute Gasteiger partial charge is 0.495 e. The van der Waals surface area contributed by atoms with Crippen LogP contribution in [0.2, 0.25) is 0 Å². The summed E-state index contributed by atoms with van der Waals surface area (Å²) in [5.74, 6) is 0.640. The molecule has 0 fully saturated rings. The maximum atomic E-state index is 12.6. The first kappa shape index (κ1) is 24.1. The topological polar surface area (TPSA) is 46.5 Å². The summed E-state index contributed by atoms with van der Waals surface area (Å²) in [6.45, 7) is 13.9. The summed E-state index contributed by atoms with van der Waals surface area (Å²) in [4.78, 5) is 16.6. The Morgan fingerprint density at radius 1 is 1.17 bits per heavy atom. The zero-order chi connectivity index (χ0) is 24.9. The lowest BCUT2D eigenvalue weighted by molar-refractivity contribution is -0.118. The van der Waals surface area contributed by atoms with Gasteiger partial charge in [0.1, 0.15) is 5.75 Å². The molecule has 0 saturated heterocycles. The first-order chi connectivity index (χ1) is 16.7. The highest BCUT2D eigenvalue weighted by atomic mass is 32.1. The normalized spacial score (nSPS) is 15.9. The Kier molecular flexibility index (Phi) is 6.30. The van der Waals surface area contributed by atoms with Crippen LogP contribution in [-0.2, 0) is 30.7 Å². The van der Waals surface area contributed by atoms with E-state index in [1.807, 2.05) is 25.2 Å². The molecule has 2 aliphatic heterocycles. The fourth-order valence-electron chi connectivity index (χ4n) is 5.49. The summed E-state index contributed by atoms with van der Waals surface area (Å²) in [5, 5.41) is 5.29. The summed E-state index contributed by atoms with van der Waals surface area (Å²) in [6, 6.07) is 8.69. The van der Waals surface area contributed by atoms with Crippen molar-refractivity contribution >= 4 is 22.9 Å². The van der Waals surface area contributed by atoms with Crippen LogP contribution in [0.1, 0.15) is 57.9 Å². The first-order valence-corrected chi connectivity index (χ1v) is 13.6. The number of carbonyl (C=O) groups is 1. The van der Waals surface area contributed by atoms with Crippen LogP contribution in [0, 0.1) is 5.92 Å². The number of fused-ring (bicyclic) bond motifs is 5. The average molecular weight is 492 g/mol. The van der Waals surface area contributed by atoms with Gasteiger partial charge in [0.05, 0.1) is 18.5 Å². The molecule has 6 heteroatoms. The zero-order valence-electron chi connectivity index (χ0n) is 21.8. The van der Waals surface area contributed by atoms with Gasteiger partial charge in [0.15, 0.2) is 0 Å². The van der Waals surface area contributed by atoms with Crippen molar-refractivity contribution in [2.45, 2.75) is 72.5 Å². The molecule has 3 aromatic rings. The van der Waals surface area contributed by atoms with Crippen molar-refractivity contribution < 1.29 is 9.53 Å². The van der Waals surface area contributed by atoms with E-state index in [9.17, 15) is 4.79 Å². The molecule has 0 aliphatic carbocycles. The molecule has 0 atom stereocenters. The summed E-state index contributed by atoms with van der Waals surface area (Å²) >= 11 is 1.82. The molecule has 1 N–H and O–H groups in total. The number of ether oxygens (including phenoxy) is 1. The van der Waals surface area contributed by atoms with Crippen LogP contribution in [-0.4, -0.2) is 34.6 Å². The van der Waals surface area contributed by atoms with Gasteiger partial charge in [-0.05, 0) is 81.3 Å². The molecule has 2 aliphatic rings.